The number of anilines is 1. The van der Waals surface area contributed by atoms with Crippen molar-refractivity contribution >= 4 is 28.3 Å². The third kappa shape index (κ3) is 3.59. The van der Waals surface area contributed by atoms with Crippen LogP contribution in [-0.2, 0) is 18.4 Å². The van der Waals surface area contributed by atoms with Gasteiger partial charge in [-0.25, -0.2) is 0 Å². The zero-order valence-corrected chi connectivity index (χ0v) is 17.4. The number of aromatic nitrogens is 4. The summed E-state index contributed by atoms with van der Waals surface area (Å²) in [7, 11) is 1.72. The number of carbonyl (C=O) groups excluding carboxylic acids is 1. The Balaban J connectivity index is 1.40. The normalized spacial score (nSPS) is 17.3. The molecule has 0 bridgehead atoms. The summed E-state index contributed by atoms with van der Waals surface area (Å²) < 4.78 is 3.48. The highest BCUT2D eigenvalue weighted by Crippen LogP contribution is 2.21. The Hall–Kier alpha value is -3.52. The van der Waals surface area contributed by atoms with E-state index in [9.17, 15) is 9.59 Å². The highest BCUT2D eigenvalue weighted by Gasteiger charge is 2.27. The number of carbonyl (C=O) groups is 1. The van der Waals surface area contributed by atoms with Gasteiger partial charge in [-0.15, -0.1) is 10.2 Å². The van der Waals surface area contributed by atoms with Crippen molar-refractivity contribution in [1.82, 2.24) is 24.1 Å². The average molecular weight is 416 g/mol. The van der Waals surface area contributed by atoms with Crippen LogP contribution in [0.15, 0.2) is 59.4 Å². The van der Waals surface area contributed by atoms with Gasteiger partial charge in [0, 0.05) is 19.3 Å². The Labute approximate surface area is 179 Å². The molecule has 1 N–H and O–H groups in total. The quantitative estimate of drug-likeness (QED) is 0.552. The zero-order valence-electron chi connectivity index (χ0n) is 17.4. The van der Waals surface area contributed by atoms with Crippen molar-refractivity contribution in [2.75, 3.05) is 18.4 Å². The third-order valence-electron chi connectivity index (χ3n) is 5.98. The number of hydrogen-bond donors (Lipinski definition) is 1. The lowest BCUT2D eigenvalue weighted by atomic mass is 9.97. The van der Waals surface area contributed by atoms with E-state index in [0.29, 0.717) is 24.3 Å². The summed E-state index contributed by atoms with van der Waals surface area (Å²) in [5.74, 6) is 1.27. The van der Waals surface area contributed by atoms with Gasteiger partial charge in [0.05, 0.1) is 23.4 Å². The third-order valence-corrected chi connectivity index (χ3v) is 5.98. The molecule has 3 heterocycles. The van der Waals surface area contributed by atoms with Gasteiger partial charge in [-0.2, -0.15) is 0 Å². The molecule has 1 atom stereocenters. The van der Waals surface area contributed by atoms with Gasteiger partial charge in [0.15, 0.2) is 5.82 Å². The number of piperidine rings is 1. The molecule has 158 valence electrons. The second-order valence-electron chi connectivity index (χ2n) is 8.06. The minimum atomic E-state index is -0.0855. The Morgan fingerprint density at radius 3 is 2.71 bits per heavy atom. The van der Waals surface area contributed by atoms with Crippen molar-refractivity contribution in [3.8, 4) is 0 Å². The zero-order chi connectivity index (χ0) is 21.4. The summed E-state index contributed by atoms with van der Waals surface area (Å²) in [4.78, 5) is 27.7. The largest absolute Gasteiger partial charge is 0.326 e. The predicted molar refractivity (Wildman–Crippen MR) is 119 cm³/mol. The first-order valence-electron chi connectivity index (χ1n) is 10.5. The fourth-order valence-corrected chi connectivity index (χ4v) is 4.37. The Morgan fingerprint density at radius 1 is 1.10 bits per heavy atom. The SMILES string of the molecule is Cn1c(=O)c2ccccc2n2c(CN3CCC[C@@H](C(=O)Nc4ccccc4)C3)nnc12. The van der Waals surface area contributed by atoms with E-state index >= 15 is 0 Å². The molecule has 0 unspecified atom stereocenters. The number of nitrogens with one attached hydrogen (secondary N) is 1. The van der Waals surface area contributed by atoms with Crippen LogP contribution in [0, 0.1) is 5.92 Å². The van der Waals surface area contributed by atoms with Crippen LogP contribution in [0.1, 0.15) is 18.7 Å². The first kappa shape index (κ1) is 19.4. The molecule has 8 nitrogen and oxygen atoms in total. The Kier molecular flexibility index (Phi) is 4.99. The second-order valence-corrected chi connectivity index (χ2v) is 8.06. The molecular weight excluding hydrogens is 392 g/mol. The summed E-state index contributed by atoms with van der Waals surface area (Å²) in [6.45, 7) is 2.13. The lowest BCUT2D eigenvalue weighted by Crippen LogP contribution is -2.40. The number of likely N-dealkylation sites (tertiary alicyclic amines) is 1. The maximum atomic E-state index is 12.8. The standard InChI is InChI=1S/C23H24N6O2/c1-27-22(31)18-11-5-6-12-19(18)29-20(25-26-23(27)29)15-28-13-7-8-16(14-28)21(30)24-17-9-3-2-4-10-17/h2-6,9-12,16H,7-8,13-15H2,1H3,(H,24,30)/t16-/m1/s1. The lowest BCUT2D eigenvalue weighted by molar-refractivity contribution is -0.121. The van der Waals surface area contributed by atoms with E-state index in [1.165, 1.54) is 4.57 Å². The minimum Gasteiger partial charge on any atom is -0.326 e. The summed E-state index contributed by atoms with van der Waals surface area (Å²) in [6, 6.07) is 17.1. The molecule has 0 aliphatic carbocycles. The van der Waals surface area contributed by atoms with E-state index in [1.807, 2.05) is 59.0 Å². The maximum Gasteiger partial charge on any atom is 0.262 e. The predicted octanol–water partition coefficient (Wildman–Crippen LogP) is 2.43. The van der Waals surface area contributed by atoms with Crippen LogP contribution in [0.4, 0.5) is 5.69 Å². The van der Waals surface area contributed by atoms with Crippen molar-refractivity contribution in [3.05, 3.63) is 70.8 Å². The van der Waals surface area contributed by atoms with E-state index in [0.717, 1.165) is 36.4 Å². The number of rotatable bonds is 4. The van der Waals surface area contributed by atoms with Gasteiger partial charge in [-0.1, -0.05) is 30.3 Å². The number of benzene rings is 2. The Bertz CT molecular complexity index is 1310. The van der Waals surface area contributed by atoms with E-state index in [1.54, 1.807) is 7.05 Å². The lowest BCUT2D eigenvalue weighted by Gasteiger charge is -2.31. The van der Waals surface area contributed by atoms with Crippen LogP contribution >= 0.6 is 0 Å². The number of fused-ring (bicyclic) bond motifs is 3. The molecule has 0 saturated carbocycles. The van der Waals surface area contributed by atoms with Gasteiger partial charge >= 0.3 is 0 Å². The number of aryl methyl sites for hydroxylation is 1. The molecule has 5 rings (SSSR count). The molecule has 2 aromatic carbocycles. The van der Waals surface area contributed by atoms with E-state index in [-0.39, 0.29) is 17.4 Å². The topological polar surface area (TPSA) is 84.5 Å². The van der Waals surface area contributed by atoms with Crippen LogP contribution in [0.25, 0.3) is 16.7 Å². The molecular formula is C23H24N6O2. The molecule has 2 aromatic heterocycles. The fraction of sp³-hybridized carbons (Fsp3) is 0.304. The van der Waals surface area contributed by atoms with Crippen LogP contribution in [0.5, 0.6) is 0 Å². The van der Waals surface area contributed by atoms with Crippen molar-refractivity contribution in [2.45, 2.75) is 19.4 Å². The van der Waals surface area contributed by atoms with Crippen molar-refractivity contribution < 1.29 is 4.79 Å². The first-order chi connectivity index (χ1) is 15.1. The smallest absolute Gasteiger partial charge is 0.262 e. The van der Waals surface area contributed by atoms with Gasteiger partial charge in [0.2, 0.25) is 11.7 Å². The van der Waals surface area contributed by atoms with E-state index in [2.05, 4.69) is 20.4 Å². The average Bonchev–Trinajstić information content (AvgIpc) is 3.22. The van der Waals surface area contributed by atoms with Crippen LogP contribution < -0.4 is 10.9 Å². The van der Waals surface area contributed by atoms with Crippen molar-refractivity contribution in [1.29, 1.82) is 0 Å². The van der Waals surface area contributed by atoms with Crippen LogP contribution in [0.2, 0.25) is 0 Å². The number of amides is 1. The number of nitrogens with zero attached hydrogens (tertiary/aromatic N) is 5. The van der Waals surface area contributed by atoms with Crippen molar-refractivity contribution in [3.63, 3.8) is 0 Å². The molecule has 0 spiro atoms. The molecule has 31 heavy (non-hydrogen) atoms. The molecule has 0 radical (unpaired) electrons. The van der Waals surface area contributed by atoms with Gasteiger partial charge in [-0.05, 0) is 43.7 Å². The highest BCUT2D eigenvalue weighted by atomic mass is 16.2. The molecule has 1 fully saturated rings. The molecule has 1 aliphatic heterocycles. The van der Waals surface area contributed by atoms with Gasteiger partial charge < -0.3 is 5.32 Å². The van der Waals surface area contributed by atoms with E-state index in [4.69, 9.17) is 0 Å². The highest BCUT2D eigenvalue weighted by molar-refractivity contribution is 5.92. The summed E-state index contributed by atoms with van der Waals surface area (Å²) in [5.41, 5.74) is 1.54. The fourth-order valence-electron chi connectivity index (χ4n) is 4.37. The summed E-state index contributed by atoms with van der Waals surface area (Å²) >= 11 is 0. The first-order valence-corrected chi connectivity index (χ1v) is 10.5. The minimum absolute atomic E-state index is 0.0508. The van der Waals surface area contributed by atoms with Crippen LogP contribution in [-0.4, -0.2) is 43.1 Å². The van der Waals surface area contributed by atoms with E-state index < -0.39 is 0 Å². The van der Waals surface area contributed by atoms with Gasteiger partial charge in [-0.3, -0.25) is 23.5 Å². The molecule has 8 heteroatoms. The van der Waals surface area contributed by atoms with Crippen molar-refractivity contribution in [2.24, 2.45) is 13.0 Å². The molecule has 4 aromatic rings. The van der Waals surface area contributed by atoms with Crippen LogP contribution in [0.3, 0.4) is 0 Å². The van der Waals surface area contributed by atoms with Gasteiger partial charge in [0.25, 0.3) is 5.56 Å². The van der Waals surface area contributed by atoms with Gasteiger partial charge in [0.1, 0.15) is 0 Å². The number of para-hydroxylation sites is 2. The maximum absolute atomic E-state index is 12.8. The summed E-state index contributed by atoms with van der Waals surface area (Å²) in [5, 5.41) is 12.3. The second kappa shape index (κ2) is 7.96. The summed E-state index contributed by atoms with van der Waals surface area (Å²) in [6.07, 6.45) is 1.82. The molecule has 1 saturated heterocycles. The molecule has 1 aliphatic rings. The monoisotopic (exact) mass is 416 g/mol. The molecule has 1 amide bonds. The Morgan fingerprint density at radius 2 is 1.87 bits per heavy atom. The number of hydrogen-bond acceptors (Lipinski definition) is 5.